The molecule has 4 N–H and O–H groups in total. The minimum absolute atomic E-state index is 0.0208. The highest BCUT2D eigenvalue weighted by molar-refractivity contribution is 7.90. The second-order valence-electron chi connectivity index (χ2n) is 22.0. The first-order valence-corrected chi connectivity index (χ1v) is 27.6. The number of carbonyl (C=O) groups excluding carboxylic acids is 1. The van der Waals surface area contributed by atoms with Gasteiger partial charge in [0.05, 0.1) is 27.2 Å². The fraction of sp³-hybridized carbons (Fsp3) is 0.527. The number of piperidine rings is 1. The Bertz CT molecular complexity index is 2860. The lowest BCUT2D eigenvalue weighted by molar-refractivity contribution is -0.384. The molecule has 5 heterocycles. The van der Waals surface area contributed by atoms with E-state index in [0.717, 1.165) is 108 Å². The number of ether oxygens (including phenoxy) is 2. The molecule has 2 saturated carbocycles. The molecule has 384 valence electrons. The van der Waals surface area contributed by atoms with Crippen LogP contribution in [0.2, 0.25) is 0 Å². The van der Waals surface area contributed by atoms with E-state index in [0.29, 0.717) is 54.7 Å². The summed E-state index contributed by atoms with van der Waals surface area (Å²) in [5, 5.41) is 26.5. The predicted molar refractivity (Wildman–Crippen MR) is 278 cm³/mol. The number of hydrogen-bond acceptors (Lipinski definition) is 13. The van der Waals surface area contributed by atoms with Gasteiger partial charge in [-0.25, -0.2) is 18.1 Å². The summed E-state index contributed by atoms with van der Waals surface area (Å²) in [7, 11) is -4.58. The fourth-order valence-corrected chi connectivity index (χ4v) is 13.2. The number of hydrogen-bond donors (Lipinski definition) is 4. The third kappa shape index (κ3) is 11.0. The number of pyridine rings is 1. The molecular formula is C55H70N8O8S. The van der Waals surface area contributed by atoms with E-state index in [1.807, 2.05) is 19.1 Å². The van der Waals surface area contributed by atoms with E-state index in [1.165, 1.54) is 36.1 Å². The number of nitro benzene ring substituents is 1. The summed E-state index contributed by atoms with van der Waals surface area (Å²) in [6.07, 6.45) is 12.8. The largest absolute Gasteiger partial charge is 0.455 e. The zero-order valence-electron chi connectivity index (χ0n) is 41.9. The Hall–Kier alpha value is -5.59. The topological polar surface area (TPSA) is 195 Å². The van der Waals surface area contributed by atoms with Crippen LogP contribution in [0.15, 0.2) is 90.1 Å². The zero-order valence-corrected chi connectivity index (χ0v) is 42.7. The predicted octanol–water partition coefficient (Wildman–Crippen LogP) is 9.39. The molecule has 5 fully saturated rings. The van der Waals surface area contributed by atoms with Gasteiger partial charge in [-0.15, -0.1) is 0 Å². The number of benzene rings is 3. The summed E-state index contributed by atoms with van der Waals surface area (Å²) in [4.78, 5) is 40.7. The summed E-state index contributed by atoms with van der Waals surface area (Å²) in [6, 6.07) is 22.4. The minimum atomic E-state index is -4.58. The molecule has 3 saturated heterocycles. The molecular weight excluding hydrogens is 933 g/mol. The van der Waals surface area contributed by atoms with Gasteiger partial charge >= 0.3 is 0 Å². The monoisotopic (exact) mass is 1000 g/mol. The van der Waals surface area contributed by atoms with Gasteiger partial charge in [-0.05, 0) is 142 Å². The molecule has 0 radical (unpaired) electrons. The number of piperazine rings is 1. The van der Waals surface area contributed by atoms with Gasteiger partial charge in [0, 0.05) is 101 Å². The highest BCUT2D eigenvalue weighted by Gasteiger charge is 2.50. The smallest absolute Gasteiger partial charge is 0.293 e. The number of H-pyrrole nitrogens is 1. The molecule has 10 rings (SSSR count). The van der Waals surface area contributed by atoms with Gasteiger partial charge in [-0.1, -0.05) is 38.1 Å². The molecule has 2 aliphatic carbocycles. The van der Waals surface area contributed by atoms with Crippen molar-refractivity contribution in [3.05, 3.63) is 112 Å². The van der Waals surface area contributed by atoms with Crippen molar-refractivity contribution in [3.8, 4) is 11.5 Å². The van der Waals surface area contributed by atoms with Crippen molar-refractivity contribution in [1.82, 2.24) is 24.5 Å². The Labute approximate surface area is 423 Å². The molecule has 1 spiro atoms. The maximum atomic E-state index is 14.1. The molecule has 16 nitrogen and oxygen atoms in total. The quantitative estimate of drug-likeness (QED) is 0.0573. The number of rotatable bonds is 15. The molecule has 5 aliphatic rings. The van der Waals surface area contributed by atoms with Crippen LogP contribution in [0.25, 0.3) is 11.0 Å². The number of sulfonamides is 1. The molecule has 1 unspecified atom stereocenters. The Morgan fingerprint density at radius 3 is 2.47 bits per heavy atom. The third-order valence-electron chi connectivity index (χ3n) is 16.6. The number of fused-ring (bicyclic) bond motifs is 1. The van der Waals surface area contributed by atoms with Gasteiger partial charge in [-0.2, -0.15) is 0 Å². The molecule has 5 aromatic rings. The van der Waals surface area contributed by atoms with Crippen molar-refractivity contribution in [3.63, 3.8) is 0 Å². The first-order valence-electron chi connectivity index (χ1n) is 26.1. The normalized spacial score (nSPS) is 23.5. The molecule has 1 amide bonds. The number of aliphatic hydroxyl groups is 1. The lowest BCUT2D eigenvalue weighted by Crippen LogP contribution is -2.60. The second-order valence-corrected chi connectivity index (χ2v) is 23.6. The van der Waals surface area contributed by atoms with Crippen LogP contribution in [0.5, 0.6) is 11.5 Å². The number of aromatic nitrogens is 2. The van der Waals surface area contributed by atoms with Crippen LogP contribution in [0.4, 0.5) is 17.1 Å². The SMILES string of the molecule is CC(C)c1ccccc1C1CN(CC2CCOCC2)CCN1C1CC2(CCN(c3ccc(C(=O)NS(=O)(=O)c4ccc(NC[C@H]5CC[C@](C)(O)CC5)c([N+](=O)[O-])c4)c(Oc4cnc5[nH]ccc5c4)c3)CC2)C1. The Morgan fingerprint density at radius 2 is 1.72 bits per heavy atom. The lowest BCUT2D eigenvalue weighted by atomic mass is 9.59. The van der Waals surface area contributed by atoms with E-state index >= 15 is 0 Å². The van der Waals surface area contributed by atoms with Crippen LogP contribution in [-0.2, 0) is 14.8 Å². The number of aromatic amines is 1. The van der Waals surface area contributed by atoms with Gasteiger partial charge in [-0.3, -0.25) is 24.7 Å². The zero-order chi connectivity index (χ0) is 50.2. The first kappa shape index (κ1) is 50.0. The number of amides is 1. The summed E-state index contributed by atoms with van der Waals surface area (Å²) >= 11 is 0. The van der Waals surface area contributed by atoms with E-state index < -0.39 is 37.0 Å². The molecule has 3 aromatic carbocycles. The molecule has 2 aromatic heterocycles. The fourth-order valence-electron chi connectivity index (χ4n) is 12.2. The number of nitrogens with one attached hydrogen (secondary N) is 3. The number of nitro groups is 1. The van der Waals surface area contributed by atoms with Crippen LogP contribution in [0.3, 0.4) is 0 Å². The average Bonchev–Trinajstić information content (AvgIpc) is 3.84. The van der Waals surface area contributed by atoms with Crippen LogP contribution in [0, 0.1) is 27.4 Å². The van der Waals surface area contributed by atoms with E-state index in [-0.39, 0.29) is 28.3 Å². The van der Waals surface area contributed by atoms with E-state index in [1.54, 1.807) is 30.6 Å². The van der Waals surface area contributed by atoms with Crippen molar-refractivity contribution < 1.29 is 32.7 Å². The van der Waals surface area contributed by atoms with E-state index in [9.17, 15) is 28.4 Å². The van der Waals surface area contributed by atoms with Gasteiger partial charge in [0.1, 0.15) is 22.8 Å². The van der Waals surface area contributed by atoms with Crippen molar-refractivity contribution in [2.45, 2.75) is 113 Å². The lowest BCUT2D eigenvalue weighted by Gasteiger charge is -2.58. The average molecular weight is 1000 g/mol. The van der Waals surface area contributed by atoms with Gasteiger partial charge in [0.2, 0.25) is 0 Å². The van der Waals surface area contributed by atoms with E-state index in [4.69, 9.17) is 9.47 Å². The van der Waals surface area contributed by atoms with Gasteiger partial charge < -0.3 is 29.8 Å². The van der Waals surface area contributed by atoms with Crippen molar-refractivity contribution in [2.75, 3.05) is 69.2 Å². The van der Waals surface area contributed by atoms with Crippen molar-refractivity contribution in [1.29, 1.82) is 0 Å². The van der Waals surface area contributed by atoms with Crippen molar-refractivity contribution in [2.24, 2.45) is 17.3 Å². The molecule has 72 heavy (non-hydrogen) atoms. The molecule has 1 atom stereocenters. The Balaban J connectivity index is 0.828. The third-order valence-corrected chi connectivity index (χ3v) is 17.9. The van der Waals surface area contributed by atoms with Gasteiger partial charge in [0.15, 0.2) is 0 Å². The highest BCUT2D eigenvalue weighted by Crippen LogP contribution is 2.53. The van der Waals surface area contributed by atoms with Crippen LogP contribution in [0.1, 0.15) is 118 Å². The summed E-state index contributed by atoms with van der Waals surface area (Å²) in [5.41, 5.74) is 3.73. The number of anilines is 2. The summed E-state index contributed by atoms with van der Waals surface area (Å²) in [5.74, 6) is 0.926. The first-order chi connectivity index (χ1) is 34.6. The highest BCUT2D eigenvalue weighted by atomic mass is 32.2. The maximum absolute atomic E-state index is 14.1. The minimum Gasteiger partial charge on any atom is -0.455 e. The Morgan fingerprint density at radius 1 is 0.958 bits per heavy atom. The molecule has 0 bridgehead atoms. The van der Waals surface area contributed by atoms with E-state index in [2.05, 4.69) is 72.8 Å². The number of carbonyl (C=O) groups is 1. The summed E-state index contributed by atoms with van der Waals surface area (Å²) < 4.78 is 41.9. The second kappa shape index (κ2) is 20.7. The maximum Gasteiger partial charge on any atom is 0.293 e. The Kier molecular flexibility index (Phi) is 14.4. The number of nitrogens with zero attached hydrogens (tertiary/aromatic N) is 5. The van der Waals surface area contributed by atoms with Crippen LogP contribution >= 0.6 is 0 Å². The van der Waals surface area contributed by atoms with Gasteiger partial charge in [0.25, 0.3) is 21.6 Å². The van der Waals surface area contributed by atoms with Crippen molar-refractivity contribution >= 4 is 44.0 Å². The van der Waals surface area contributed by atoms with Crippen LogP contribution in [-0.4, -0.2) is 115 Å². The molecule has 3 aliphatic heterocycles. The van der Waals surface area contributed by atoms with Crippen LogP contribution < -0.4 is 19.7 Å². The molecule has 17 heteroatoms. The summed E-state index contributed by atoms with van der Waals surface area (Å²) in [6.45, 7) is 14.6. The standard InChI is InChI=1S/C55H70N8O8S/c1-37(2)45-6-4-5-7-46(45)50-36-60(35-39-15-26-70-27-16-39)24-25-62(50)42-31-55(32-42)19-22-61(23-20-55)41-8-10-47(51(29-41)71-43-28-40-14-21-56-52(40)58-34-43)53(64)59-72(68,69)44-9-11-48(49(30-44)63(66)67)57-33-38-12-17-54(3,65)18-13-38/h4-11,14,21,28-30,34,37-39,42,50,57,65H,12-13,15-20,22-27,31-33,35-36H2,1-3H3,(H,56,58)(H,59,64)/t38-,50?,54-.